The number of aromatic nitrogens is 5. The number of hydrogen-bond acceptors (Lipinski definition) is 8. The van der Waals surface area contributed by atoms with E-state index in [1.165, 1.54) is 0 Å². The third kappa shape index (κ3) is 6.39. The number of rotatable bonds is 8. The molecule has 56 heavy (non-hydrogen) atoms. The third-order valence-corrected chi connectivity index (χ3v) is 12.9. The molecule has 11 nitrogen and oxygen atoms in total. The van der Waals surface area contributed by atoms with Gasteiger partial charge in [0.15, 0.2) is 17.3 Å². The Balaban J connectivity index is 1.04. The van der Waals surface area contributed by atoms with Gasteiger partial charge in [-0.15, -0.1) is 0 Å². The molecular weight excluding hydrogens is 744 g/mol. The summed E-state index contributed by atoms with van der Waals surface area (Å²) in [6.07, 6.45) is 2.67. The summed E-state index contributed by atoms with van der Waals surface area (Å²) in [6.45, 7) is 0.971. The van der Waals surface area contributed by atoms with Crippen LogP contribution >= 0.6 is 0 Å². The van der Waals surface area contributed by atoms with E-state index in [0.717, 1.165) is 25.0 Å². The van der Waals surface area contributed by atoms with Crippen LogP contribution in [0, 0.1) is 29.5 Å². The maximum absolute atomic E-state index is 14.8. The molecule has 0 spiro atoms. The predicted molar refractivity (Wildman–Crippen MR) is 189 cm³/mol. The van der Waals surface area contributed by atoms with Crippen molar-refractivity contribution in [1.82, 2.24) is 29.8 Å². The summed E-state index contributed by atoms with van der Waals surface area (Å²) in [5.74, 6) is -5.41. The highest BCUT2D eigenvalue weighted by Gasteiger charge is 2.62. The number of hydrogen-bond donors (Lipinski definition) is 2. The zero-order chi connectivity index (χ0) is 39.1. The number of carbonyl (C=O) groups is 2. The molecule has 6 fully saturated rings. The number of carboxylic acids is 1. The quantitative estimate of drug-likeness (QED) is 0.175. The second-order valence-electron chi connectivity index (χ2n) is 16.3. The summed E-state index contributed by atoms with van der Waals surface area (Å²) in [5, 5.41) is 13.5. The van der Waals surface area contributed by atoms with Crippen LogP contribution in [0.25, 0.3) is 22.3 Å². The van der Waals surface area contributed by atoms with E-state index in [1.54, 1.807) is 29.0 Å². The van der Waals surface area contributed by atoms with E-state index in [0.29, 0.717) is 79.6 Å². The molecule has 1 saturated heterocycles. The zero-order valence-electron chi connectivity index (χ0n) is 30.1. The molecule has 5 aliphatic carbocycles. The molecule has 1 atom stereocenters. The van der Waals surface area contributed by atoms with Crippen molar-refractivity contribution in [2.24, 2.45) is 23.7 Å². The highest BCUT2D eigenvalue weighted by Crippen LogP contribution is 2.58. The number of amides is 1. The largest absolute Gasteiger partial charge is 0.488 e. The smallest absolute Gasteiger partial charge is 0.434 e. The first-order valence-corrected chi connectivity index (χ1v) is 19.1. The number of alkyl halides is 5. The molecule has 4 bridgehead atoms. The van der Waals surface area contributed by atoms with E-state index in [-0.39, 0.29) is 55.0 Å². The molecule has 4 heterocycles. The van der Waals surface area contributed by atoms with Crippen LogP contribution in [-0.2, 0) is 11.0 Å². The molecule has 0 radical (unpaired) electrons. The Bertz CT molecular complexity index is 2160. The van der Waals surface area contributed by atoms with Crippen molar-refractivity contribution >= 4 is 28.7 Å². The van der Waals surface area contributed by atoms with Gasteiger partial charge in [0.25, 0.3) is 5.91 Å². The van der Waals surface area contributed by atoms with E-state index in [1.807, 2.05) is 4.90 Å². The Morgan fingerprint density at radius 1 is 0.929 bits per heavy atom. The fourth-order valence-corrected chi connectivity index (χ4v) is 10.4. The van der Waals surface area contributed by atoms with Gasteiger partial charge in [-0.1, -0.05) is 0 Å². The minimum absolute atomic E-state index is 0.124. The van der Waals surface area contributed by atoms with Crippen LogP contribution in [0.5, 0.6) is 5.75 Å². The molecule has 17 heteroatoms. The lowest BCUT2D eigenvalue weighted by Crippen LogP contribution is -2.70. The second-order valence-corrected chi connectivity index (χ2v) is 16.3. The monoisotopic (exact) mass is 783 g/mol. The second kappa shape index (κ2) is 13.3. The van der Waals surface area contributed by atoms with Crippen LogP contribution in [0.15, 0.2) is 43.0 Å². The minimum atomic E-state index is -5.10. The summed E-state index contributed by atoms with van der Waals surface area (Å²) in [4.78, 5) is 44.7. The number of benzene rings is 1. The summed E-state index contributed by atoms with van der Waals surface area (Å²) in [5.41, 5.74) is -3.33. The van der Waals surface area contributed by atoms with Gasteiger partial charge in [0.2, 0.25) is 11.9 Å². The Hall–Kier alpha value is -4.96. The first-order chi connectivity index (χ1) is 26.7. The minimum Gasteiger partial charge on any atom is -0.488 e. The van der Waals surface area contributed by atoms with Crippen molar-refractivity contribution in [3.8, 4) is 17.1 Å². The van der Waals surface area contributed by atoms with Gasteiger partial charge >= 0.3 is 12.1 Å². The average molecular weight is 784 g/mol. The van der Waals surface area contributed by atoms with Gasteiger partial charge in [0.05, 0.1) is 30.0 Å². The van der Waals surface area contributed by atoms with Gasteiger partial charge in [0, 0.05) is 61.3 Å². The Kier molecular flexibility index (Phi) is 8.72. The number of halogens is 6. The fourth-order valence-electron chi connectivity index (χ4n) is 10.4. The maximum atomic E-state index is 14.8. The molecule has 0 unspecified atom stereocenters. The maximum Gasteiger partial charge on any atom is 0.434 e. The number of ether oxygens (including phenoxy) is 1. The van der Waals surface area contributed by atoms with E-state index < -0.39 is 52.6 Å². The number of fused-ring (bicyclic) bond motifs is 1. The van der Waals surface area contributed by atoms with Crippen LogP contribution in [0.4, 0.5) is 32.3 Å². The Morgan fingerprint density at radius 3 is 2.25 bits per heavy atom. The first-order valence-electron chi connectivity index (χ1n) is 19.1. The number of aliphatic carboxylic acids is 1. The normalized spacial score (nSPS) is 28.5. The molecule has 10 rings (SSSR count). The molecule has 296 valence electrons. The van der Waals surface area contributed by atoms with Crippen molar-refractivity contribution in [3.05, 3.63) is 60.1 Å². The van der Waals surface area contributed by atoms with Crippen LogP contribution < -0.4 is 15.0 Å². The summed E-state index contributed by atoms with van der Waals surface area (Å²) >= 11 is 0. The third-order valence-electron chi connectivity index (χ3n) is 12.9. The Labute approximate surface area is 316 Å². The van der Waals surface area contributed by atoms with Crippen molar-refractivity contribution in [1.29, 1.82) is 0 Å². The molecule has 1 amide bonds. The standard InChI is InChI=1S/C39H39F6N7O4/c40-24-15-47-36(48-16-24)51-8-5-27(18-51)56-26-1-2-28-30(19-52(31(28)14-26)25-3-6-37(41,42)7-4-25)33-46-17-29(32(49-33)39(43,44)45)34(53)50-38(35(54)55)22-10-20-9-21(12-22)13-23(38)11-20/h1-2,14-17,19-23,25,27H,3-13,18H2,(H,50,53)(H,54,55)/t20?,21?,22?,23?,27-,38?/m1/s1. The molecule has 1 aromatic carbocycles. The van der Waals surface area contributed by atoms with Crippen molar-refractivity contribution in [2.75, 3.05) is 18.0 Å². The molecule has 5 saturated carbocycles. The number of carboxylic acid groups (broad SMARTS) is 1. The number of carbonyl (C=O) groups excluding carboxylic acids is 1. The van der Waals surface area contributed by atoms with Crippen LogP contribution in [0.3, 0.4) is 0 Å². The lowest BCUT2D eigenvalue weighted by Gasteiger charge is -2.59. The summed E-state index contributed by atoms with van der Waals surface area (Å²) in [7, 11) is 0. The van der Waals surface area contributed by atoms with Crippen LogP contribution in [-0.4, -0.2) is 72.1 Å². The summed E-state index contributed by atoms with van der Waals surface area (Å²) < 4.78 is 94.3. The van der Waals surface area contributed by atoms with Crippen LogP contribution in [0.1, 0.15) is 86.3 Å². The molecule has 1 aliphatic heterocycles. The number of anilines is 1. The predicted octanol–water partition coefficient (Wildman–Crippen LogP) is 7.46. The SMILES string of the molecule is O=C(NC1(C(=O)O)C2CC3CC(C2)CC1C3)c1cnc(-c2cn(C3CCC(F)(F)CC3)c3cc(O[C@@H]4CCN(c5ncc(F)cn5)C4)ccc23)nc1C(F)(F)F. The van der Waals surface area contributed by atoms with Gasteiger partial charge in [-0.25, -0.2) is 37.9 Å². The van der Waals surface area contributed by atoms with E-state index in [2.05, 4.69) is 25.3 Å². The van der Waals surface area contributed by atoms with Gasteiger partial charge in [-0.3, -0.25) is 4.79 Å². The van der Waals surface area contributed by atoms with Gasteiger partial charge in [0.1, 0.15) is 17.4 Å². The van der Waals surface area contributed by atoms with Gasteiger partial charge in [-0.05, 0) is 80.8 Å². The average Bonchev–Trinajstić information content (AvgIpc) is 3.77. The lowest BCUT2D eigenvalue weighted by atomic mass is 9.48. The summed E-state index contributed by atoms with van der Waals surface area (Å²) in [6, 6.07) is 4.62. The van der Waals surface area contributed by atoms with E-state index >= 15 is 0 Å². The first kappa shape index (κ1) is 36.7. The number of nitrogens with zero attached hydrogens (tertiary/aromatic N) is 6. The van der Waals surface area contributed by atoms with E-state index in [4.69, 9.17) is 4.74 Å². The lowest BCUT2D eigenvalue weighted by molar-refractivity contribution is -0.163. The Morgan fingerprint density at radius 2 is 1.61 bits per heavy atom. The van der Waals surface area contributed by atoms with E-state index in [9.17, 15) is 41.0 Å². The van der Waals surface area contributed by atoms with Crippen molar-refractivity contribution < 1.29 is 45.8 Å². The van der Waals surface area contributed by atoms with Gasteiger partial charge in [-0.2, -0.15) is 13.2 Å². The van der Waals surface area contributed by atoms with Crippen molar-refractivity contribution in [3.63, 3.8) is 0 Å². The zero-order valence-corrected chi connectivity index (χ0v) is 30.1. The molecular formula is C39H39F6N7O4. The molecule has 3 aromatic heterocycles. The number of nitrogens with one attached hydrogen (secondary N) is 1. The molecule has 4 aromatic rings. The highest BCUT2D eigenvalue weighted by atomic mass is 19.4. The van der Waals surface area contributed by atoms with Crippen molar-refractivity contribution in [2.45, 2.75) is 94.0 Å². The highest BCUT2D eigenvalue weighted by molar-refractivity contribution is 6.00. The fraction of sp³-hybridized carbons (Fsp3) is 0.538. The van der Waals surface area contributed by atoms with Crippen LogP contribution in [0.2, 0.25) is 0 Å². The van der Waals surface area contributed by atoms with Gasteiger partial charge < -0.3 is 24.6 Å². The molecule has 6 aliphatic rings. The molecule has 2 N–H and O–H groups in total. The topological polar surface area (TPSA) is 135 Å².